The number of hydrogen-bond acceptors (Lipinski definition) is 5. The van der Waals surface area contributed by atoms with Gasteiger partial charge in [-0.1, -0.05) is 5.21 Å². The van der Waals surface area contributed by atoms with Crippen molar-refractivity contribution in [3.63, 3.8) is 0 Å². The molecule has 1 atom stereocenters. The standard InChI is InChI=1S/C18H19F3N6O2/c19-13-4-3-5-22-15(13)17(29)27-11-18(20,21)8-12(27)9-26-10-14(23-24-26)16(28)25-6-1-2-7-25/h3-5,10,12H,1-2,6-9,11H2/t12-/m0/s1. The van der Waals surface area contributed by atoms with Crippen LogP contribution in [0.1, 0.15) is 40.2 Å². The highest BCUT2D eigenvalue weighted by atomic mass is 19.3. The number of alkyl halides is 2. The molecular weight excluding hydrogens is 389 g/mol. The Hall–Kier alpha value is -2.98. The van der Waals surface area contributed by atoms with Gasteiger partial charge in [0.2, 0.25) is 0 Å². The van der Waals surface area contributed by atoms with Gasteiger partial charge in [-0.3, -0.25) is 9.59 Å². The van der Waals surface area contributed by atoms with Crippen molar-refractivity contribution in [3.8, 4) is 0 Å². The molecule has 11 heteroatoms. The number of carbonyl (C=O) groups excluding carboxylic acids is 2. The summed E-state index contributed by atoms with van der Waals surface area (Å²) in [6.45, 7) is 0.383. The number of carbonyl (C=O) groups is 2. The molecule has 2 aliphatic rings. The van der Waals surface area contributed by atoms with E-state index >= 15 is 0 Å². The van der Waals surface area contributed by atoms with Crippen LogP contribution in [0, 0.1) is 5.82 Å². The van der Waals surface area contributed by atoms with E-state index in [1.165, 1.54) is 23.1 Å². The van der Waals surface area contributed by atoms with E-state index in [0.29, 0.717) is 13.1 Å². The summed E-state index contributed by atoms with van der Waals surface area (Å²) in [6, 6.07) is 1.43. The van der Waals surface area contributed by atoms with Crippen molar-refractivity contribution in [2.24, 2.45) is 0 Å². The normalized spacial score (nSPS) is 21.0. The highest BCUT2D eigenvalue weighted by Gasteiger charge is 2.48. The molecule has 0 radical (unpaired) electrons. The van der Waals surface area contributed by atoms with Crippen LogP contribution in [0.4, 0.5) is 13.2 Å². The number of pyridine rings is 1. The largest absolute Gasteiger partial charge is 0.337 e. The zero-order chi connectivity index (χ0) is 20.6. The molecule has 2 saturated heterocycles. The van der Waals surface area contributed by atoms with Gasteiger partial charge in [-0.15, -0.1) is 5.10 Å². The number of hydrogen-bond donors (Lipinski definition) is 0. The lowest BCUT2D eigenvalue weighted by molar-refractivity contribution is 0.0116. The molecule has 4 heterocycles. The lowest BCUT2D eigenvalue weighted by Gasteiger charge is -2.23. The molecule has 0 aliphatic carbocycles. The Morgan fingerprint density at radius 2 is 1.97 bits per heavy atom. The number of nitrogens with zero attached hydrogens (tertiary/aromatic N) is 6. The summed E-state index contributed by atoms with van der Waals surface area (Å²) >= 11 is 0. The van der Waals surface area contributed by atoms with Gasteiger partial charge in [0.05, 0.1) is 25.3 Å². The van der Waals surface area contributed by atoms with Crippen LogP contribution in [0.2, 0.25) is 0 Å². The molecule has 2 amide bonds. The summed E-state index contributed by atoms with van der Waals surface area (Å²) in [5.74, 6) is -5.14. The maximum atomic E-state index is 14.0. The van der Waals surface area contributed by atoms with Crippen LogP contribution in [0.25, 0.3) is 0 Å². The molecule has 0 unspecified atom stereocenters. The second-order valence-corrected chi connectivity index (χ2v) is 7.31. The predicted molar refractivity (Wildman–Crippen MR) is 93.7 cm³/mol. The molecule has 8 nitrogen and oxygen atoms in total. The average Bonchev–Trinajstić information content (AvgIpc) is 3.42. The van der Waals surface area contributed by atoms with Gasteiger partial charge < -0.3 is 9.80 Å². The van der Waals surface area contributed by atoms with Crippen molar-refractivity contribution in [1.82, 2.24) is 29.8 Å². The minimum Gasteiger partial charge on any atom is -0.337 e. The third-order valence-electron chi connectivity index (χ3n) is 5.15. The van der Waals surface area contributed by atoms with E-state index in [4.69, 9.17) is 0 Å². The minimum absolute atomic E-state index is 0.0872. The summed E-state index contributed by atoms with van der Waals surface area (Å²) in [7, 11) is 0. The van der Waals surface area contributed by atoms with Gasteiger partial charge in [0.25, 0.3) is 17.7 Å². The summed E-state index contributed by atoms with van der Waals surface area (Å²) in [6.07, 6.45) is 3.88. The van der Waals surface area contributed by atoms with Crippen LogP contribution in [0.3, 0.4) is 0 Å². The van der Waals surface area contributed by atoms with Gasteiger partial charge in [-0.25, -0.2) is 22.8 Å². The molecule has 0 spiro atoms. The smallest absolute Gasteiger partial charge is 0.276 e. The molecule has 2 aromatic rings. The van der Waals surface area contributed by atoms with Crippen molar-refractivity contribution in [2.75, 3.05) is 19.6 Å². The number of rotatable bonds is 4. The van der Waals surface area contributed by atoms with E-state index in [1.54, 1.807) is 4.90 Å². The predicted octanol–water partition coefficient (Wildman–Crippen LogP) is 1.60. The molecule has 0 N–H and O–H groups in total. The second-order valence-electron chi connectivity index (χ2n) is 7.31. The number of amides is 2. The van der Waals surface area contributed by atoms with E-state index in [1.807, 2.05) is 0 Å². The molecule has 0 bridgehead atoms. The van der Waals surface area contributed by atoms with Gasteiger partial charge in [-0.2, -0.15) is 0 Å². The van der Waals surface area contributed by atoms with Gasteiger partial charge >= 0.3 is 0 Å². The summed E-state index contributed by atoms with van der Waals surface area (Å²) in [5.41, 5.74) is -0.371. The first-order valence-electron chi connectivity index (χ1n) is 9.33. The van der Waals surface area contributed by atoms with E-state index < -0.39 is 42.3 Å². The molecule has 2 aliphatic heterocycles. The van der Waals surface area contributed by atoms with Crippen LogP contribution >= 0.6 is 0 Å². The van der Waals surface area contributed by atoms with Crippen molar-refractivity contribution >= 4 is 11.8 Å². The number of likely N-dealkylation sites (tertiary alicyclic amines) is 2. The second kappa shape index (κ2) is 7.45. The molecule has 29 heavy (non-hydrogen) atoms. The van der Waals surface area contributed by atoms with Crippen LogP contribution in [0.5, 0.6) is 0 Å². The first-order chi connectivity index (χ1) is 13.8. The Labute approximate surface area is 164 Å². The third-order valence-corrected chi connectivity index (χ3v) is 5.15. The lowest BCUT2D eigenvalue weighted by atomic mass is 10.2. The SMILES string of the molecule is O=C(c1cn(C[C@@H]2CC(F)(F)CN2C(=O)c2ncccc2F)nn1)N1CCCC1. The van der Waals surface area contributed by atoms with Gasteiger partial charge in [0.1, 0.15) is 0 Å². The van der Waals surface area contributed by atoms with Crippen molar-refractivity contribution in [3.05, 3.63) is 41.7 Å². The van der Waals surface area contributed by atoms with Crippen molar-refractivity contribution in [1.29, 1.82) is 0 Å². The Morgan fingerprint density at radius 3 is 2.69 bits per heavy atom. The first-order valence-corrected chi connectivity index (χ1v) is 9.33. The topological polar surface area (TPSA) is 84.2 Å². The summed E-state index contributed by atoms with van der Waals surface area (Å²) in [5, 5.41) is 7.69. The van der Waals surface area contributed by atoms with Gasteiger partial charge in [0, 0.05) is 25.7 Å². The Balaban J connectivity index is 1.51. The maximum Gasteiger partial charge on any atom is 0.276 e. The zero-order valence-corrected chi connectivity index (χ0v) is 15.5. The first kappa shape index (κ1) is 19.3. The Bertz CT molecular complexity index is 928. The highest BCUT2D eigenvalue weighted by Crippen LogP contribution is 2.33. The van der Waals surface area contributed by atoms with Crippen molar-refractivity contribution < 1.29 is 22.8 Å². The number of halogens is 3. The number of aromatic nitrogens is 4. The summed E-state index contributed by atoms with van der Waals surface area (Å²) in [4.78, 5) is 31.3. The van der Waals surface area contributed by atoms with E-state index in [2.05, 4.69) is 15.3 Å². The molecule has 0 aromatic carbocycles. The van der Waals surface area contributed by atoms with Gasteiger partial charge in [-0.05, 0) is 25.0 Å². The highest BCUT2D eigenvalue weighted by molar-refractivity contribution is 5.93. The fourth-order valence-corrected chi connectivity index (χ4v) is 3.76. The fraction of sp³-hybridized carbons (Fsp3) is 0.500. The van der Waals surface area contributed by atoms with E-state index in [-0.39, 0.29) is 18.1 Å². The Morgan fingerprint density at radius 1 is 1.21 bits per heavy atom. The summed E-state index contributed by atoms with van der Waals surface area (Å²) < 4.78 is 43.3. The Kier molecular flexibility index (Phi) is 4.97. The molecular formula is C18H19F3N6O2. The maximum absolute atomic E-state index is 14.0. The van der Waals surface area contributed by atoms with Crippen molar-refractivity contribution in [2.45, 2.75) is 37.8 Å². The van der Waals surface area contributed by atoms with Crippen LogP contribution in [0.15, 0.2) is 24.5 Å². The van der Waals surface area contributed by atoms with Gasteiger partial charge in [0.15, 0.2) is 17.2 Å². The fourth-order valence-electron chi connectivity index (χ4n) is 3.76. The minimum atomic E-state index is -3.11. The van der Waals surface area contributed by atoms with Crippen LogP contribution in [-0.2, 0) is 6.54 Å². The molecule has 0 saturated carbocycles. The molecule has 2 fully saturated rings. The molecule has 4 rings (SSSR count). The monoisotopic (exact) mass is 408 g/mol. The van der Waals surface area contributed by atoms with E-state index in [9.17, 15) is 22.8 Å². The third kappa shape index (κ3) is 3.94. The van der Waals surface area contributed by atoms with Crippen LogP contribution < -0.4 is 0 Å². The molecule has 154 valence electrons. The average molecular weight is 408 g/mol. The zero-order valence-electron chi connectivity index (χ0n) is 15.5. The van der Waals surface area contributed by atoms with Crippen LogP contribution in [-0.4, -0.2) is 73.2 Å². The quantitative estimate of drug-likeness (QED) is 0.767. The van der Waals surface area contributed by atoms with E-state index in [0.717, 1.165) is 23.8 Å². The lowest BCUT2D eigenvalue weighted by Crippen LogP contribution is -2.39. The molecule has 2 aromatic heterocycles.